The molecule has 1 spiro atoms. The average molecular weight is 319 g/mol. The molecule has 0 saturated heterocycles. The fourth-order valence-electron chi connectivity index (χ4n) is 4.73. The van der Waals surface area contributed by atoms with E-state index in [1.165, 1.54) is 26.4 Å². The van der Waals surface area contributed by atoms with E-state index in [0.29, 0.717) is 18.1 Å². The number of hydrogen-bond acceptors (Lipinski definition) is 6. The molecule has 0 aromatic heterocycles. The van der Waals surface area contributed by atoms with Crippen molar-refractivity contribution < 1.29 is 23.9 Å². The summed E-state index contributed by atoms with van der Waals surface area (Å²) in [7, 11) is 2.88. The van der Waals surface area contributed by atoms with Crippen LogP contribution in [0.1, 0.15) is 19.3 Å². The van der Waals surface area contributed by atoms with Gasteiger partial charge in [-0.3, -0.25) is 14.9 Å². The van der Waals surface area contributed by atoms with E-state index in [-0.39, 0.29) is 27.9 Å². The van der Waals surface area contributed by atoms with Gasteiger partial charge in [0.15, 0.2) is 0 Å². The monoisotopic (exact) mass is 319 g/mol. The Morgan fingerprint density at radius 3 is 2.57 bits per heavy atom. The third-order valence-corrected chi connectivity index (χ3v) is 5.97. The molecular formula is C16H17NO6. The highest BCUT2D eigenvalue weighted by Crippen LogP contribution is 3.00. The number of esters is 1. The predicted molar refractivity (Wildman–Crippen MR) is 78.3 cm³/mol. The zero-order valence-electron chi connectivity index (χ0n) is 13.0. The predicted octanol–water partition coefficient (Wildman–Crippen LogP) is 2.33. The molecule has 3 atom stereocenters. The first-order valence-corrected chi connectivity index (χ1v) is 7.47. The Hall–Kier alpha value is -2.31. The Labute approximate surface area is 132 Å². The molecule has 3 fully saturated rings. The van der Waals surface area contributed by atoms with E-state index >= 15 is 0 Å². The second-order valence-electron chi connectivity index (χ2n) is 6.88. The van der Waals surface area contributed by atoms with Gasteiger partial charge in [-0.2, -0.15) is 0 Å². The van der Waals surface area contributed by atoms with Gasteiger partial charge in [0.05, 0.1) is 43.3 Å². The summed E-state index contributed by atoms with van der Waals surface area (Å²) < 4.78 is 15.8. The van der Waals surface area contributed by atoms with Crippen LogP contribution in [0.4, 0.5) is 5.69 Å². The maximum atomic E-state index is 11.9. The molecule has 3 aliphatic carbocycles. The molecule has 1 aromatic carbocycles. The molecule has 0 amide bonds. The highest BCUT2D eigenvalue weighted by atomic mass is 16.6. The second kappa shape index (κ2) is 4.15. The first-order valence-electron chi connectivity index (χ1n) is 7.47. The van der Waals surface area contributed by atoms with E-state index < -0.39 is 4.92 Å². The van der Waals surface area contributed by atoms with Crippen LogP contribution in [0.5, 0.6) is 11.5 Å². The number of carbonyl (C=O) groups excluding carboxylic acids is 1. The number of nitro benzene ring substituents is 1. The summed E-state index contributed by atoms with van der Waals surface area (Å²) in [6.07, 6.45) is 2.65. The molecule has 0 heterocycles. The average Bonchev–Trinajstić information content (AvgIpc) is 3.32. The second-order valence-corrected chi connectivity index (χ2v) is 6.88. The molecule has 122 valence electrons. The lowest BCUT2D eigenvalue weighted by Gasteiger charge is -2.31. The van der Waals surface area contributed by atoms with Crippen LogP contribution in [0.3, 0.4) is 0 Å². The van der Waals surface area contributed by atoms with E-state index in [2.05, 4.69) is 0 Å². The minimum absolute atomic E-state index is 0.0407. The van der Waals surface area contributed by atoms with Gasteiger partial charge in [-0.25, -0.2) is 0 Å². The number of nitrogens with zero attached hydrogens (tertiary/aromatic N) is 1. The molecular weight excluding hydrogens is 302 g/mol. The van der Waals surface area contributed by atoms with Crippen molar-refractivity contribution in [3.63, 3.8) is 0 Å². The number of methoxy groups -OCH3 is 2. The number of nitro groups is 1. The summed E-state index contributed by atoms with van der Waals surface area (Å²) in [6.45, 7) is 0.468. The lowest BCUT2D eigenvalue weighted by Crippen LogP contribution is -2.37. The first kappa shape index (κ1) is 14.3. The SMILES string of the molecule is COC(=O)C12CC3(COc4cc(OC)cc([N+](=O)[O-])c4)CC31C2. The largest absolute Gasteiger partial charge is 0.496 e. The Balaban J connectivity index is 1.45. The first-order chi connectivity index (χ1) is 10.9. The van der Waals surface area contributed by atoms with Crippen molar-refractivity contribution in [3.05, 3.63) is 28.3 Å². The maximum absolute atomic E-state index is 11.9. The van der Waals surface area contributed by atoms with Crippen molar-refractivity contribution in [2.24, 2.45) is 16.2 Å². The van der Waals surface area contributed by atoms with E-state index in [1.54, 1.807) is 6.07 Å². The van der Waals surface area contributed by atoms with Gasteiger partial charge in [0.25, 0.3) is 5.69 Å². The number of rotatable bonds is 6. The fourth-order valence-corrected chi connectivity index (χ4v) is 4.73. The number of ether oxygens (including phenoxy) is 3. The van der Waals surface area contributed by atoms with Gasteiger partial charge < -0.3 is 14.2 Å². The normalized spacial score (nSPS) is 35.2. The topological polar surface area (TPSA) is 87.9 Å². The Morgan fingerprint density at radius 1 is 1.22 bits per heavy atom. The van der Waals surface area contributed by atoms with Gasteiger partial charge in [0.2, 0.25) is 0 Å². The van der Waals surface area contributed by atoms with Crippen LogP contribution in [-0.2, 0) is 9.53 Å². The van der Waals surface area contributed by atoms with Crippen molar-refractivity contribution >= 4 is 11.7 Å². The van der Waals surface area contributed by atoms with Crippen LogP contribution >= 0.6 is 0 Å². The summed E-state index contributed by atoms with van der Waals surface area (Å²) in [4.78, 5) is 22.3. The third-order valence-electron chi connectivity index (χ3n) is 5.97. The van der Waals surface area contributed by atoms with Crippen molar-refractivity contribution in [1.82, 2.24) is 0 Å². The molecule has 4 rings (SSSR count). The molecule has 7 nitrogen and oxygen atoms in total. The number of non-ortho nitro benzene ring substituents is 1. The van der Waals surface area contributed by atoms with Crippen LogP contribution in [0.15, 0.2) is 18.2 Å². The van der Waals surface area contributed by atoms with Crippen LogP contribution in [0.25, 0.3) is 0 Å². The summed E-state index contributed by atoms with van der Waals surface area (Å²) in [5.41, 5.74) is -0.228. The third kappa shape index (κ3) is 1.62. The molecule has 7 heteroatoms. The minimum Gasteiger partial charge on any atom is -0.496 e. The molecule has 23 heavy (non-hydrogen) atoms. The van der Waals surface area contributed by atoms with Crippen molar-refractivity contribution in [2.75, 3.05) is 20.8 Å². The van der Waals surface area contributed by atoms with Crippen LogP contribution in [0.2, 0.25) is 0 Å². The van der Waals surface area contributed by atoms with Crippen molar-refractivity contribution in [2.45, 2.75) is 19.3 Å². The number of hydrogen-bond donors (Lipinski definition) is 0. The van der Waals surface area contributed by atoms with E-state index in [1.807, 2.05) is 0 Å². The zero-order valence-corrected chi connectivity index (χ0v) is 13.0. The van der Waals surface area contributed by atoms with Gasteiger partial charge >= 0.3 is 5.97 Å². The van der Waals surface area contributed by atoms with Crippen LogP contribution < -0.4 is 9.47 Å². The summed E-state index contributed by atoms with van der Waals surface area (Å²) in [5.74, 6) is 0.701. The summed E-state index contributed by atoms with van der Waals surface area (Å²) in [5, 5.41) is 10.9. The number of carbonyl (C=O) groups is 1. The van der Waals surface area contributed by atoms with Gasteiger partial charge in [-0.05, 0) is 24.7 Å². The minimum atomic E-state index is -0.473. The fraction of sp³-hybridized carbons (Fsp3) is 0.562. The molecule has 0 bridgehead atoms. The highest BCUT2D eigenvalue weighted by Gasteiger charge is 2.99. The number of benzene rings is 1. The van der Waals surface area contributed by atoms with E-state index in [0.717, 1.165) is 19.3 Å². The summed E-state index contributed by atoms with van der Waals surface area (Å²) in [6, 6.07) is 4.39. The molecule has 0 radical (unpaired) electrons. The quantitative estimate of drug-likeness (QED) is 0.454. The lowest BCUT2D eigenvalue weighted by atomic mass is 9.75. The van der Waals surface area contributed by atoms with Gasteiger partial charge in [-0.15, -0.1) is 0 Å². The zero-order chi connectivity index (χ0) is 16.5. The summed E-state index contributed by atoms with van der Waals surface area (Å²) >= 11 is 0. The van der Waals surface area contributed by atoms with Crippen LogP contribution in [-0.4, -0.2) is 31.7 Å². The smallest absolute Gasteiger partial charge is 0.312 e. The highest BCUT2D eigenvalue weighted by molar-refractivity contribution is 5.87. The molecule has 3 saturated carbocycles. The molecule has 0 N–H and O–H groups in total. The van der Waals surface area contributed by atoms with E-state index in [4.69, 9.17) is 14.2 Å². The molecule has 0 aliphatic heterocycles. The molecule has 3 unspecified atom stereocenters. The Bertz CT molecular complexity index is 733. The standard InChI is InChI=1S/C16H17NO6/c1-21-11-3-10(17(19)20)4-12(5-11)23-9-14-6-15(13(18)22-2)8-16(14,15)7-14/h3-5H,6-9H2,1-2H3. The lowest BCUT2D eigenvalue weighted by molar-refractivity contribution is -0.385. The van der Waals surface area contributed by atoms with Crippen molar-refractivity contribution in [1.29, 1.82) is 0 Å². The van der Waals surface area contributed by atoms with Gasteiger partial charge in [-0.1, -0.05) is 0 Å². The Kier molecular flexibility index (Phi) is 2.58. The van der Waals surface area contributed by atoms with Crippen molar-refractivity contribution in [3.8, 4) is 11.5 Å². The molecule has 1 aromatic rings. The maximum Gasteiger partial charge on any atom is 0.312 e. The van der Waals surface area contributed by atoms with Gasteiger partial charge in [0.1, 0.15) is 11.5 Å². The van der Waals surface area contributed by atoms with Crippen LogP contribution in [0, 0.1) is 26.4 Å². The molecule has 3 aliphatic rings. The van der Waals surface area contributed by atoms with Gasteiger partial charge in [0, 0.05) is 11.5 Å². The Morgan fingerprint density at radius 2 is 1.96 bits per heavy atom. The van der Waals surface area contributed by atoms with E-state index in [9.17, 15) is 14.9 Å².